The first kappa shape index (κ1) is 21.5. The third-order valence-corrected chi connectivity index (χ3v) is 8.03. The maximum absolute atomic E-state index is 4.86. The van der Waals surface area contributed by atoms with Crippen molar-refractivity contribution in [3.63, 3.8) is 0 Å². The summed E-state index contributed by atoms with van der Waals surface area (Å²) in [5, 5.41) is 2.51. The number of rotatable bonds is 4. The summed E-state index contributed by atoms with van der Waals surface area (Å²) < 4.78 is 0. The van der Waals surface area contributed by atoms with E-state index in [1.54, 1.807) is 0 Å². The number of aryl methyl sites for hydroxylation is 1. The van der Waals surface area contributed by atoms with Crippen LogP contribution in [0, 0.1) is 12.8 Å². The maximum atomic E-state index is 4.86. The van der Waals surface area contributed by atoms with Crippen molar-refractivity contribution < 1.29 is 0 Å². The van der Waals surface area contributed by atoms with Crippen molar-refractivity contribution >= 4 is 27.5 Å². The molecule has 34 heavy (non-hydrogen) atoms. The normalized spacial score (nSPS) is 18.7. The van der Waals surface area contributed by atoms with Crippen LogP contribution in [0.1, 0.15) is 36.9 Å². The van der Waals surface area contributed by atoms with Crippen molar-refractivity contribution in [2.45, 2.75) is 45.1 Å². The van der Waals surface area contributed by atoms with Crippen LogP contribution in [0.3, 0.4) is 0 Å². The zero-order valence-corrected chi connectivity index (χ0v) is 20.2. The molecule has 2 saturated heterocycles. The molecule has 0 N–H and O–H groups in total. The van der Waals surface area contributed by atoms with Gasteiger partial charge >= 0.3 is 0 Å². The van der Waals surface area contributed by atoms with E-state index in [1.165, 1.54) is 66.3 Å². The molecule has 2 aliphatic rings. The highest BCUT2D eigenvalue weighted by molar-refractivity contribution is 5.90. The second kappa shape index (κ2) is 9.34. The van der Waals surface area contributed by atoms with Crippen LogP contribution in [-0.4, -0.2) is 47.1 Å². The number of benzene rings is 2. The molecule has 2 fully saturated rings. The fourth-order valence-electron chi connectivity index (χ4n) is 6.12. The fraction of sp³-hybridized carbons (Fsp3) is 0.400. The molecule has 2 aromatic heterocycles. The Morgan fingerprint density at radius 2 is 1.50 bits per heavy atom. The molecule has 6 rings (SSSR count). The number of para-hydroxylation sites is 2. The van der Waals surface area contributed by atoms with E-state index >= 15 is 0 Å². The van der Waals surface area contributed by atoms with E-state index in [2.05, 4.69) is 76.3 Å². The van der Waals surface area contributed by atoms with Gasteiger partial charge in [-0.05, 0) is 81.8 Å². The summed E-state index contributed by atoms with van der Waals surface area (Å²) in [4.78, 5) is 14.9. The van der Waals surface area contributed by atoms with Crippen LogP contribution < -0.4 is 4.90 Å². The SMILES string of the molecule is Cc1ccc2cccc(CC3CCN(C4CCN(c5cccc6cccnc56)CC4)CC3)c2n1. The van der Waals surface area contributed by atoms with Gasteiger partial charge in [-0.2, -0.15) is 0 Å². The molecular weight excluding hydrogens is 416 g/mol. The fourth-order valence-corrected chi connectivity index (χ4v) is 6.12. The molecule has 0 radical (unpaired) electrons. The molecule has 4 nitrogen and oxygen atoms in total. The molecule has 0 atom stereocenters. The van der Waals surface area contributed by atoms with Crippen LogP contribution in [0.4, 0.5) is 5.69 Å². The van der Waals surface area contributed by atoms with Crippen LogP contribution in [0.5, 0.6) is 0 Å². The van der Waals surface area contributed by atoms with Crippen LogP contribution in [-0.2, 0) is 6.42 Å². The van der Waals surface area contributed by atoms with Crippen molar-refractivity contribution in [2.24, 2.45) is 5.92 Å². The van der Waals surface area contributed by atoms with Crippen molar-refractivity contribution in [1.82, 2.24) is 14.9 Å². The zero-order valence-electron chi connectivity index (χ0n) is 20.2. The molecule has 174 valence electrons. The molecule has 2 aromatic carbocycles. The van der Waals surface area contributed by atoms with Crippen molar-refractivity contribution in [3.05, 3.63) is 78.1 Å². The first-order chi connectivity index (χ1) is 16.7. The molecule has 4 heteroatoms. The van der Waals surface area contributed by atoms with E-state index in [0.29, 0.717) is 0 Å². The smallest absolute Gasteiger partial charge is 0.0935 e. The highest BCUT2D eigenvalue weighted by Crippen LogP contribution is 2.31. The molecule has 4 aromatic rings. The van der Waals surface area contributed by atoms with Gasteiger partial charge in [0.2, 0.25) is 0 Å². The first-order valence-electron chi connectivity index (χ1n) is 12.9. The van der Waals surface area contributed by atoms with E-state index < -0.39 is 0 Å². The second-order valence-electron chi connectivity index (χ2n) is 10.2. The minimum Gasteiger partial charge on any atom is -0.370 e. The highest BCUT2D eigenvalue weighted by atomic mass is 15.2. The zero-order chi connectivity index (χ0) is 22.9. The third kappa shape index (κ3) is 4.27. The van der Waals surface area contributed by atoms with E-state index in [9.17, 15) is 0 Å². The van der Waals surface area contributed by atoms with Gasteiger partial charge in [0, 0.05) is 41.8 Å². The average Bonchev–Trinajstić information content (AvgIpc) is 2.89. The number of piperidine rings is 2. The topological polar surface area (TPSA) is 32.3 Å². The second-order valence-corrected chi connectivity index (χ2v) is 10.2. The van der Waals surface area contributed by atoms with Gasteiger partial charge in [0.15, 0.2) is 0 Å². The van der Waals surface area contributed by atoms with Crippen LogP contribution in [0.25, 0.3) is 21.8 Å². The minimum absolute atomic E-state index is 0.724. The Hall–Kier alpha value is -2.98. The van der Waals surface area contributed by atoms with Crippen LogP contribution in [0.15, 0.2) is 66.9 Å². The lowest BCUT2D eigenvalue weighted by Crippen LogP contribution is -2.48. The molecule has 0 spiro atoms. The van der Waals surface area contributed by atoms with Gasteiger partial charge in [0.25, 0.3) is 0 Å². The van der Waals surface area contributed by atoms with Gasteiger partial charge in [0.05, 0.1) is 16.7 Å². The molecule has 0 bridgehead atoms. The lowest BCUT2D eigenvalue weighted by atomic mass is 9.88. The lowest BCUT2D eigenvalue weighted by molar-refractivity contribution is 0.115. The van der Waals surface area contributed by atoms with E-state index in [1.807, 2.05) is 12.3 Å². The molecule has 0 saturated carbocycles. The molecule has 0 amide bonds. The summed E-state index contributed by atoms with van der Waals surface area (Å²) in [6.45, 7) is 6.82. The maximum Gasteiger partial charge on any atom is 0.0935 e. The molecule has 0 aliphatic carbocycles. The summed E-state index contributed by atoms with van der Waals surface area (Å²) >= 11 is 0. The van der Waals surface area contributed by atoms with Crippen LogP contribution >= 0.6 is 0 Å². The number of fused-ring (bicyclic) bond motifs is 2. The van der Waals surface area contributed by atoms with Crippen molar-refractivity contribution in [1.29, 1.82) is 0 Å². The Bertz CT molecular complexity index is 1280. The van der Waals surface area contributed by atoms with Crippen molar-refractivity contribution in [2.75, 3.05) is 31.1 Å². The monoisotopic (exact) mass is 450 g/mol. The Morgan fingerprint density at radius 3 is 2.32 bits per heavy atom. The summed E-state index contributed by atoms with van der Waals surface area (Å²) in [7, 11) is 0. The number of nitrogens with zero attached hydrogens (tertiary/aromatic N) is 4. The lowest BCUT2D eigenvalue weighted by Gasteiger charge is -2.42. The van der Waals surface area contributed by atoms with Crippen molar-refractivity contribution in [3.8, 4) is 0 Å². The highest BCUT2D eigenvalue weighted by Gasteiger charge is 2.29. The van der Waals surface area contributed by atoms with Gasteiger partial charge in [-0.15, -0.1) is 0 Å². The number of aromatic nitrogens is 2. The average molecular weight is 451 g/mol. The Balaban J connectivity index is 1.06. The first-order valence-corrected chi connectivity index (χ1v) is 12.9. The predicted octanol–water partition coefficient (Wildman–Crippen LogP) is 6.01. The van der Waals surface area contributed by atoms with Gasteiger partial charge < -0.3 is 9.80 Å². The minimum atomic E-state index is 0.724. The van der Waals surface area contributed by atoms with Gasteiger partial charge in [0.1, 0.15) is 0 Å². The Labute approximate surface area is 202 Å². The Morgan fingerprint density at radius 1 is 0.765 bits per heavy atom. The summed E-state index contributed by atoms with van der Waals surface area (Å²) in [6, 6.07) is 22.5. The van der Waals surface area contributed by atoms with Crippen LogP contribution in [0.2, 0.25) is 0 Å². The van der Waals surface area contributed by atoms with Gasteiger partial charge in [-0.3, -0.25) is 9.97 Å². The largest absolute Gasteiger partial charge is 0.370 e. The molecule has 4 heterocycles. The third-order valence-electron chi connectivity index (χ3n) is 8.03. The molecule has 0 unspecified atom stereocenters. The van der Waals surface area contributed by atoms with E-state index in [0.717, 1.165) is 42.7 Å². The number of likely N-dealkylation sites (tertiary alicyclic amines) is 1. The summed E-state index contributed by atoms with van der Waals surface area (Å²) in [5.41, 5.74) is 6.19. The number of pyridine rings is 2. The van der Waals surface area contributed by atoms with E-state index in [4.69, 9.17) is 4.98 Å². The molecular formula is C30H34N4. The van der Waals surface area contributed by atoms with Gasteiger partial charge in [-0.1, -0.05) is 42.5 Å². The summed E-state index contributed by atoms with van der Waals surface area (Å²) in [5.74, 6) is 0.769. The number of hydrogen-bond donors (Lipinski definition) is 0. The summed E-state index contributed by atoms with van der Waals surface area (Å²) in [6.07, 6.45) is 8.18. The quantitative estimate of drug-likeness (QED) is 0.381. The van der Waals surface area contributed by atoms with Gasteiger partial charge in [-0.25, -0.2) is 0 Å². The van der Waals surface area contributed by atoms with E-state index in [-0.39, 0.29) is 0 Å². The number of hydrogen-bond acceptors (Lipinski definition) is 4. The molecule has 2 aliphatic heterocycles. The predicted molar refractivity (Wildman–Crippen MR) is 141 cm³/mol. The Kier molecular flexibility index (Phi) is 5.92. The number of anilines is 1. The standard InChI is InChI=1S/C30H34N4/c1-22-10-11-25-5-2-7-26(29(25)32-22)21-23-12-17-33(18-13-23)27-14-19-34(20-15-27)28-9-3-6-24-8-4-16-31-30(24)28/h2-11,16,23,27H,12-15,17-21H2,1H3.